The third-order valence-electron chi connectivity index (χ3n) is 5.17. The Bertz CT molecular complexity index is 1330. The Morgan fingerprint density at radius 1 is 1.08 bits per heavy atom. The number of rotatable bonds is 9. The fourth-order valence-electron chi connectivity index (χ4n) is 3.42. The summed E-state index contributed by atoms with van der Waals surface area (Å²) in [4.78, 5) is 24.7. The van der Waals surface area contributed by atoms with Crippen LogP contribution in [0.5, 0.6) is 0 Å². The number of amides is 1. The first-order chi connectivity index (χ1) is 16.9. The highest BCUT2D eigenvalue weighted by atomic mass is 35.5. The molecule has 196 valence electrons. The monoisotopic (exact) mass is 559 g/mol. The molecule has 0 spiro atoms. The molecule has 1 heterocycles. The van der Waals surface area contributed by atoms with Crippen LogP contribution in [0.2, 0.25) is 5.02 Å². The van der Waals surface area contributed by atoms with E-state index in [1.807, 2.05) is 0 Å². The van der Waals surface area contributed by atoms with Crippen LogP contribution in [0.15, 0.2) is 47.4 Å². The molecule has 1 saturated heterocycles. The molecule has 14 heteroatoms. The maximum Gasteiger partial charge on any atom is 0.339 e. The highest BCUT2D eigenvalue weighted by Gasteiger charge is 2.27. The molecule has 1 aliphatic rings. The molecular formula is C22H26ClN3O8S2. The lowest BCUT2D eigenvalue weighted by Crippen LogP contribution is -2.40. The van der Waals surface area contributed by atoms with Gasteiger partial charge in [-0.05, 0) is 49.4 Å². The molecule has 0 aromatic heterocycles. The summed E-state index contributed by atoms with van der Waals surface area (Å²) >= 11 is 6.03. The quantitative estimate of drug-likeness (QED) is 0.460. The van der Waals surface area contributed by atoms with E-state index in [4.69, 9.17) is 21.1 Å². The van der Waals surface area contributed by atoms with Crippen molar-refractivity contribution >= 4 is 54.9 Å². The lowest BCUT2D eigenvalue weighted by molar-refractivity contribution is -0.114. The van der Waals surface area contributed by atoms with Gasteiger partial charge in [-0.2, -0.15) is 4.31 Å². The van der Waals surface area contributed by atoms with Crippen LogP contribution in [0.1, 0.15) is 17.3 Å². The largest absolute Gasteiger partial charge is 0.462 e. The van der Waals surface area contributed by atoms with Gasteiger partial charge in [0, 0.05) is 18.8 Å². The van der Waals surface area contributed by atoms with E-state index in [9.17, 15) is 26.4 Å². The smallest absolute Gasteiger partial charge is 0.339 e. The van der Waals surface area contributed by atoms with Crippen LogP contribution in [0.4, 0.5) is 11.4 Å². The predicted molar refractivity (Wildman–Crippen MR) is 134 cm³/mol. The average molecular weight is 560 g/mol. The van der Waals surface area contributed by atoms with Gasteiger partial charge in [-0.1, -0.05) is 11.6 Å². The summed E-state index contributed by atoms with van der Waals surface area (Å²) < 4.78 is 62.8. The van der Waals surface area contributed by atoms with Crippen molar-refractivity contribution in [3.05, 3.63) is 53.1 Å². The number of hydrogen-bond acceptors (Lipinski definition) is 8. The normalized spacial score (nSPS) is 14.8. The van der Waals surface area contributed by atoms with Gasteiger partial charge in [0.15, 0.2) is 0 Å². The van der Waals surface area contributed by atoms with Gasteiger partial charge in [-0.3, -0.25) is 9.10 Å². The van der Waals surface area contributed by atoms with Gasteiger partial charge in [0.05, 0.1) is 47.2 Å². The molecule has 0 atom stereocenters. The minimum absolute atomic E-state index is 0.00119. The summed E-state index contributed by atoms with van der Waals surface area (Å²) in [6.07, 6.45) is 0.930. The number of morpholine rings is 1. The molecule has 0 radical (unpaired) electrons. The second kappa shape index (κ2) is 11.6. The highest BCUT2D eigenvalue weighted by Crippen LogP contribution is 2.24. The molecule has 0 bridgehead atoms. The minimum Gasteiger partial charge on any atom is -0.462 e. The molecule has 1 amide bonds. The molecule has 0 saturated carbocycles. The van der Waals surface area contributed by atoms with E-state index in [0.717, 1.165) is 10.6 Å². The van der Waals surface area contributed by atoms with Crippen molar-refractivity contribution in [1.29, 1.82) is 0 Å². The summed E-state index contributed by atoms with van der Waals surface area (Å²) in [6, 6.07) is 9.42. The third-order valence-corrected chi connectivity index (χ3v) is 8.55. The molecule has 11 nitrogen and oxygen atoms in total. The first-order valence-electron chi connectivity index (χ1n) is 10.9. The van der Waals surface area contributed by atoms with E-state index in [2.05, 4.69) is 5.32 Å². The van der Waals surface area contributed by atoms with Crippen molar-refractivity contribution in [2.24, 2.45) is 0 Å². The summed E-state index contributed by atoms with van der Waals surface area (Å²) in [5, 5.41) is 2.67. The number of sulfonamides is 2. The predicted octanol–water partition coefficient (Wildman–Crippen LogP) is 1.94. The molecule has 36 heavy (non-hydrogen) atoms. The maximum absolute atomic E-state index is 12.8. The first kappa shape index (κ1) is 27.9. The zero-order valence-corrected chi connectivity index (χ0v) is 22.0. The Labute approximate surface area is 215 Å². The maximum atomic E-state index is 12.8. The van der Waals surface area contributed by atoms with E-state index in [-0.39, 0.29) is 46.6 Å². The van der Waals surface area contributed by atoms with Gasteiger partial charge in [-0.25, -0.2) is 21.6 Å². The molecule has 0 unspecified atom stereocenters. The van der Waals surface area contributed by atoms with Gasteiger partial charge in [0.1, 0.15) is 6.54 Å². The lowest BCUT2D eigenvalue weighted by atomic mass is 10.2. The Balaban J connectivity index is 1.78. The van der Waals surface area contributed by atoms with Crippen molar-refractivity contribution in [3.63, 3.8) is 0 Å². The number of carbonyl (C=O) groups excluding carboxylic acids is 2. The number of halogens is 1. The molecule has 1 N–H and O–H groups in total. The lowest BCUT2D eigenvalue weighted by Gasteiger charge is -2.26. The van der Waals surface area contributed by atoms with E-state index in [1.54, 1.807) is 6.92 Å². The van der Waals surface area contributed by atoms with E-state index >= 15 is 0 Å². The van der Waals surface area contributed by atoms with Crippen molar-refractivity contribution in [2.75, 3.05) is 55.3 Å². The standard InChI is InChI=1S/C22H26ClN3O8S2/c1-3-34-22(28)19-14-16(4-9-20(19)23)24-21(27)15-26(35(2,29)30)17-5-7-18(8-6-17)36(31,32)25-10-12-33-13-11-25/h4-9,14H,3,10-13,15H2,1-2H3,(H,24,27). The van der Waals surface area contributed by atoms with E-state index in [0.29, 0.717) is 13.2 Å². The third kappa shape index (κ3) is 6.73. The average Bonchev–Trinajstić information content (AvgIpc) is 2.84. The zero-order chi connectivity index (χ0) is 26.5. The summed E-state index contributed by atoms with van der Waals surface area (Å²) in [7, 11) is -7.67. The van der Waals surface area contributed by atoms with Crippen molar-refractivity contribution in [3.8, 4) is 0 Å². The van der Waals surface area contributed by atoms with Crippen LogP contribution in [0.3, 0.4) is 0 Å². The molecule has 3 rings (SSSR count). The summed E-state index contributed by atoms with van der Waals surface area (Å²) in [6.45, 7) is 2.23. The molecule has 2 aromatic rings. The molecule has 1 fully saturated rings. The topological polar surface area (TPSA) is 139 Å². The van der Waals surface area contributed by atoms with Crippen LogP contribution < -0.4 is 9.62 Å². The van der Waals surface area contributed by atoms with E-state index < -0.39 is 38.5 Å². The van der Waals surface area contributed by atoms with Crippen LogP contribution in [0, 0.1) is 0 Å². The Hall–Kier alpha value is -2.71. The second-order valence-electron chi connectivity index (χ2n) is 7.74. The number of carbonyl (C=O) groups is 2. The van der Waals surface area contributed by atoms with Gasteiger partial charge in [-0.15, -0.1) is 0 Å². The van der Waals surface area contributed by atoms with Crippen molar-refractivity contribution in [1.82, 2.24) is 4.31 Å². The first-order valence-corrected chi connectivity index (χ1v) is 14.5. The summed E-state index contributed by atoms with van der Waals surface area (Å²) in [5.41, 5.74) is 0.373. The number of nitrogens with one attached hydrogen (secondary N) is 1. The number of ether oxygens (including phenoxy) is 2. The molecular weight excluding hydrogens is 534 g/mol. The number of esters is 1. The molecule has 2 aromatic carbocycles. The highest BCUT2D eigenvalue weighted by molar-refractivity contribution is 7.92. The minimum atomic E-state index is -3.91. The van der Waals surface area contributed by atoms with Crippen LogP contribution in [-0.2, 0) is 34.3 Å². The molecule has 1 aliphatic heterocycles. The van der Waals surface area contributed by atoms with Crippen molar-refractivity contribution in [2.45, 2.75) is 11.8 Å². The van der Waals surface area contributed by atoms with Gasteiger partial charge < -0.3 is 14.8 Å². The fourth-order valence-corrected chi connectivity index (χ4v) is 5.88. The van der Waals surface area contributed by atoms with Gasteiger partial charge in [0.2, 0.25) is 26.0 Å². The van der Waals surface area contributed by atoms with Crippen LogP contribution in [0.25, 0.3) is 0 Å². The van der Waals surface area contributed by atoms with Crippen LogP contribution in [-0.4, -0.2) is 78.7 Å². The number of nitrogens with zero attached hydrogens (tertiary/aromatic N) is 2. The van der Waals surface area contributed by atoms with Gasteiger partial charge >= 0.3 is 5.97 Å². The Kier molecular flexibility index (Phi) is 8.95. The summed E-state index contributed by atoms with van der Waals surface area (Å²) in [5.74, 6) is -1.36. The number of anilines is 2. The number of benzene rings is 2. The fraction of sp³-hybridized carbons (Fsp3) is 0.364. The van der Waals surface area contributed by atoms with Crippen molar-refractivity contribution < 1.29 is 35.9 Å². The van der Waals surface area contributed by atoms with Gasteiger partial charge in [0.25, 0.3) is 0 Å². The van der Waals surface area contributed by atoms with E-state index in [1.165, 1.54) is 46.8 Å². The van der Waals surface area contributed by atoms with Crippen LogP contribution >= 0.6 is 11.6 Å². The Morgan fingerprint density at radius 3 is 2.31 bits per heavy atom. The number of hydrogen-bond donors (Lipinski definition) is 1. The SMILES string of the molecule is CCOC(=O)c1cc(NC(=O)CN(c2ccc(S(=O)(=O)N3CCOCC3)cc2)S(C)(=O)=O)ccc1Cl. The Morgan fingerprint density at radius 2 is 1.72 bits per heavy atom. The zero-order valence-electron chi connectivity index (χ0n) is 19.6. The molecule has 0 aliphatic carbocycles. The second-order valence-corrected chi connectivity index (χ2v) is 12.0.